The molecule has 0 aliphatic carbocycles. The number of carbonyl (C=O) groups is 2. The minimum Gasteiger partial charge on any atom is -0.421 e. The number of primary amides is 2. The van der Waals surface area contributed by atoms with Crippen molar-refractivity contribution >= 4 is 12.0 Å². The Labute approximate surface area is 50.9 Å². The third-order valence-electron chi connectivity index (χ3n) is 0.524. The van der Waals surface area contributed by atoms with Crippen LogP contribution in [0.15, 0.2) is 0 Å². The van der Waals surface area contributed by atoms with E-state index < -0.39 is 18.2 Å². The second-order valence-electron chi connectivity index (χ2n) is 1.26. The number of nitrogens with two attached hydrogens (primary N) is 3. The number of hydrogen-bond acceptors (Lipinski definition) is 4. The Hall–Kier alpha value is -1.30. The van der Waals surface area contributed by atoms with Crippen molar-refractivity contribution in [1.82, 2.24) is 0 Å². The van der Waals surface area contributed by atoms with E-state index in [1.165, 1.54) is 0 Å². The van der Waals surface area contributed by atoms with Gasteiger partial charge >= 0.3 is 6.09 Å². The number of rotatable bonds is 2. The maximum absolute atomic E-state index is 10.00. The standard InChI is InChI=1S/C3H7N3O3/c4-1(7)2(5)9-3(6)8/h2H,5H2,(H2,4,7)(H2,6,8). The Bertz CT molecular complexity index is 134. The number of amides is 2. The van der Waals surface area contributed by atoms with E-state index in [1.54, 1.807) is 0 Å². The molecule has 1 atom stereocenters. The summed E-state index contributed by atoms with van der Waals surface area (Å²) in [6.07, 6.45) is -2.57. The van der Waals surface area contributed by atoms with Crippen molar-refractivity contribution in [2.45, 2.75) is 6.23 Å². The van der Waals surface area contributed by atoms with Gasteiger partial charge in [-0.05, 0) is 0 Å². The van der Waals surface area contributed by atoms with Crippen molar-refractivity contribution in [3.63, 3.8) is 0 Å². The fourth-order valence-electron chi connectivity index (χ4n) is 0.183. The largest absolute Gasteiger partial charge is 0.421 e. The van der Waals surface area contributed by atoms with E-state index in [0.29, 0.717) is 0 Å². The second kappa shape index (κ2) is 2.88. The Morgan fingerprint density at radius 2 is 1.78 bits per heavy atom. The molecule has 0 aromatic rings. The molecular formula is C3H7N3O3. The quantitative estimate of drug-likeness (QED) is 0.372. The van der Waals surface area contributed by atoms with E-state index in [0.717, 1.165) is 0 Å². The van der Waals surface area contributed by atoms with Crippen molar-refractivity contribution in [3.8, 4) is 0 Å². The highest BCUT2D eigenvalue weighted by molar-refractivity contribution is 5.80. The average Bonchev–Trinajstić information content (AvgIpc) is 1.63. The SMILES string of the molecule is NC(=O)OC(N)C(N)=O. The molecule has 0 heterocycles. The van der Waals surface area contributed by atoms with Gasteiger partial charge < -0.3 is 16.2 Å². The fourth-order valence-corrected chi connectivity index (χ4v) is 0.183. The first-order chi connectivity index (χ1) is 4.04. The number of hydrogen-bond donors (Lipinski definition) is 3. The summed E-state index contributed by atoms with van der Waals surface area (Å²) in [5.41, 5.74) is 13.9. The zero-order valence-corrected chi connectivity index (χ0v) is 4.53. The zero-order chi connectivity index (χ0) is 7.44. The highest BCUT2D eigenvalue weighted by Gasteiger charge is 2.11. The summed E-state index contributed by atoms with van der Waals surface area (Å²) in [5.74, 6) is -0.936. The van der Waals surface area contributed by atoms with Gasteiger partial charge in [-0.3, -0.25) is 10.5 Å². The molecule has 1 unspecified atom stereocenters. The van der Waals surface area contributed by atoms with Gasteiger partial charge in [0.2, 0.25) is 6.23 Å². The van der Waals surface area contributed by atoms with Crippen LogP contribution in [0.2, 0.25) is 0 Å². The normalized spacial score (nSPS) is 12.1. The zero-order valence-electron chi connectivity index (χ0n) is 4.53. The van der Waals surface area contributed by atoms with Crippen LogP contribution in [0.4, 0.5) is 4.79 Å². The predicted octanol–water partition coefficient (Wildman–Crippen LogP) is -2.15. The highest BCUT2D eigenvalue weighted by atomic mass is 16.6. The molecule has 0 aromatic heterocycles. The topological polar surface area (TPSA) is 121 Å². The van der Waals surface area contributed by atoms with Gasteiger partial charge in [0.1, 0.15) is 0 Å². The second-order valence-corrected chi connectivity index (χ2v) is 1.26. The summed E-state index contributed by atoms with van der Waals surface area (Å²) in [6, 6.07) is 0. The van der Waals surface area contributed by atoms with Crippen LogP contribution < -0.4 is 17.2 Å². The third kappa shape index (κ3) is 3.30. The van der Waals surface area contributed by atoms with Crippen LogP contribution in [0.5, 0.6) is 0 Å². The molecule has 6 N–H and O–H groups in total. The van der Waals surface area contributed by atoms with Crippen LogP contribution in [-0.2, 0) is 9.53 Å². The van der Waals surface area contributed by atoms with E-state index in [2.05, 4.69) is 16.2 Å². The molecule has 52 valence electrons. The molecule has 0 spiro atoms. The summed E-state index contributed by atoms with van der Waals surface area (Å²) in [6.45, 7) is 0. The number of carbonyl (C=O) groups excluding carboxylic acids is 2. The fraction of sp³-hybridized carbons (Fsp3) is 0.333. The summed E-state index contributed by atoms with van der Waals surface area (Å²) in [7, 11) is 0. The van der Waals surface area contributed by atoms with Gasteiger partial charge in [-0.15, -0.1) is 0 Å². The van der Waals surface area contributed by atoms with Gasteiger partial charge in [-0.2, -0.15) is 0 Å². The average molecular weight is 133 g/mol. The highest BCUT2D eigenvalue weighted by Crippen LogP contribution is 1.78. The molecule has 0 saturated carbocycles. The molecule has 0 aliphatic heterocycles. The lowest BCUT2D eigenvalue weighted by molar-refractivity contribution is -0.125. The first-order valence-corrected chi connectivity index (χ1v) is 2.05. The molecule has 2 amide bonds. The number of ether oxygens (including phenoxy) is 1. The lowest BCUT2D eigenvalue weighted by Crippen LogP contribution is -2.41. The van der Waals surface area contributed by atoms with Gasteiger partial charge in [-0.1, -0.05) is 0 Å². The molecule has 6 heteroatoms. The monoisotopic (exact) mass is 133 g/mol. The van der Waals surface area contributed by atoms with Crippen molar-refractivity contribution in [3.05, 3.63) is 0 Å². The van der Waals surface area contributed by atoms with Crippen LogP contribution in [-0.4, -0.2) is 18.2 Å². The Balaban J connectivity index is 3.63. The van der Waals surface area contributed by atoms with Crippen molar-refractivity contribution < 1.29 is 14.3 Å². The van der Waals surface area contributed by atoms with E-state index in [-0.39, 0.29) is 0 Å². The Morgan fingerprint density at radius 1 is 1.33 bits per heavy atom. The predicted molar refractivity (Wildman–Crippen MR) is 27.8 cm³/mol. The Kier molecular flexibility index (Phi) is 2.46. The van der Waals surface area contributed by atoms with Crippen molar-refractivity contribution in [1.29, 1.82) is 0 Å². The molecule has 0 aliphatic rings. The minimum absolute atomic E-state index is 0.936. The van der Waals surface area contributed by atoms with E-state index in [9.17, 15) is 9.59 Å². The van der Waals surface area contributed by atoms with Gasteiger partial charge in [-0.25, -0.2) is 4.79 Å². The third-order valence-corrected chi connectivity index (χ3v) is 0.524. The van der Waals surface area contributed by atoms with Gasteiger partial charge in [0.05, 0.1) is 0 Å². The maximum Gasteiger partial charge on any atom is 0.406 e. The van der Waals surface area contributed by atoms with Crippen LogP contribution in [0.3, 0.4) is 0 Å². The van der Waals surface area contributed by atoms with Gasteiger partial charge in [0, 0.05) is 0 Å². The molecular weight excluding hydrogens is 126 g/mol. The summed E-state index contributed by atoms with van der Waals surface area (Å²) >= 11 is 0. The lowest BCUT2D eigenvalue weighted by atomic mass is 10.6. The summed E-state index contributed by atoms with van der Waals surface area (Å²) < 4.78 is 3.95. The Morgan fingerprint density at radius 3 is 1.89 bits per heavy atom. The molecule has 9 heavy (non-hydrogen) atoms. The van der Waals surface area contributed by atoms with E-state index in [4.69, 9.17) is 5.73 Å². The van der Waals surface area contributed by atoms with Gasteiger partial charge in [0.25, 0.3) is 5.91 Å². The molecule has 0 saturated heterocycles. The first kappa shape index (κ1) is 7.70. The summed E-state index contributed by atoms with van der Waals surface area (Å²) in [5, 5.41) is 0. The van der Waals surface area contributed by atoms with Gasteiger partial charge in [0.15, 0.2) is 0 Å². The van der Waals surface area contributed by atoms with E-state index >= 15 is 0 Å². The smallest absolute Gasteiger partial charge is 0.406 e. The molecule has 0 radical (unpaired) electrons. The summed E-state index contributed by atoms with van der Waals surface area (Å²) in [4.78, 5) is 19.8. The minimum atomic E-state index is -1.44. The van der Waals surface area contributed by atoms with Crippen LogP contribution in [0, 0.1) is 0 Å². The maximum atomic E-state index is 10.00. The molecule has 6 nitrogen and oxygen atoms in total. The van der Waals surface area contributed by atoms with Crippen molar-refractivity contribution in [2.75, 3.05) is 0 Å². The van der Waals surface area contributed by atoms with Crippen molar-refractivity contribution in [2.24, 2.45) is 17.2 Å². The first-order valence-electron chi connectivity index (χ1n) is 2.05. The molecule has 0 bridgehead atoms. The van der Waals surface area contributed by atoms with Crippen LogP contribution in [0.1, 0.15) is 0 Å². The lowest BCUT2D eigenvalue weighted by Gasteiger charge is -2.04. The molecule has 0 rings (SSSR count). The van der Waals surface area contributed by atoms with Crippen LogP contribution >= 0.6 is 0 Å². The van der Waals surface area contributed by atoms with Crippen LogP contribution in [0.25, 0.3) is 0 Å². The molecule has 0 fully saturated rings. The molecule has 0 aromatic carbocycles. The van der Waals surface area contributed by atoms with E-state index in [1.807, 2.05) is 0 Å².